The van der Waals surface area contributed by atoms with Crippen LogP contribution < -0.4 is 14.5 Å². The van der Waals surface area contributed by atoms with E-state index in [9.17, 15) is 4.79 Å². The van der Waals surface area contributed by atoms with Gasteiger partial charge in [0.25, 0.3) is 0 Å². The molecule has 1 fully saturated rings. The van der Waals surface area contributed by atoms with Crippen LogP contribution in [0.5, 0.6) is 5.75 Å². The summed E-state index contributed by atoms with van der Waals surface area (Å²) in [6.07, 6.45) is 0.727. The van der Waals surface area contributed by atoms with Gasteiger partial charge in [-0.25, -0.2) is 0 Å². The second kappa shape index (κ2) is 9.21. The van der Waals surface area contributed by atoms with Gasteiger partial charge in [-0.1, -0.05) is 30.3 Å². The van der Waals surface area contributed by atoms with Gasteiger partial charge in [0.15, 0.2) is 0 Å². The fourth-order valence-corrected chi connectivity index (χ4v) is 3.58. The molecule has 0 saturated carbocycles. The number of carbonyl (C=O) groups is 1. The maximum Gasteiger partial charge on any atom is 0.311 e. The SMILES string of the molecule is COc1ccccc1N1CCN(c2ccccc2CCOC(=O)C(C)(C)C)CC1. The van der Waals surface area contributed by atoms with Crippen LogP contribution in [-0.2, 0) is 16.0 Å². The van der Waals surface area contributed by atoms with Crippen molar-refractivity contribution in [3.63, 3.8) is 0 Å². The van der Waals surface area contributed by atoms with Gasteiger partial charge in [0, 0.05) is 38.3 Å². The summed E-state index contributed by atoms with van der Waals surface area (Å²) < 4.78 is 11.0. The Labute approximate surface area is 174 Å². The first-order valence-electron chi connectivity index (χ1n) is 10.3. The molecule has 1 aliphatic heterocycles. The fourth-order valence-electron chi connectivity index (χ4n) is 3.58. The molecule has 156 valence electrons. The van der Waals surface area contributed by atoms with Gasteiger partial charge in [0.1, 0.15) is 5.75 Å². The number of anilines is 2. The molecule has 3 rings (SSSR count). The Morgan fingerprint density at radius 3 is 2.07 bits per heavy atom. The first-order valence-corrected chi connectivity index (χ1v) is 10.3. The van der Waals surface area contributed by atoms with E-state index in [1.807, 2.05) is 32.9 Å². The quantitative estimate of drug-likeness (QED) is 0.686. The second-order valence-corrected chi connectivity index (χ2v) is 8.41. The van der Waals surface area contributed by atoms with Crippen LogP contribution in [0.3, 0.4) is 0 Å². The molecular weight excluding hydrogens is 364 g/mol. The summed E-state index contributed by atoms with van der Waals surface area (Å²) in [4.78, 5) is 16.8. The Hall–Kier alpha value is -2.69. The number of ether oxygens (including phenoxy) is 2. The summed E-state index contributed by atoms with van der Waals surface area (Å²) in [5, 5.41) is 0. The first-order chi connectivity index (χ1) is 13.9. The number of hydrogen-bond acceptors (Lipinski definition) is 5. The van der Waals surface area contributed by atoms with E-state index in [1.165, 1.54) is 11.3 Å². The van der Waals surface area contributed by atoms with Crippen molar-refractivity contribution in [1.82, 2.24) is 0 Å². The summed E-state index contributed by atoms with van der Waals surface area (Å²) in [6, 6.07) is 16.6. The predicted octanol–water partition coefficient (Wildman–Crippen LogP) is 4.15. The normalized spacial score (nSPS) is 14.6. The van der Waals surface area contributed by atoms with Crippen molar-refractivity contribution in [2.75, 3.05) is 49.7 Å². The molecule has 0 aliphatic carbocycles. The van der Waals surface area contributed by atoms with Gasteiger partial charge in [-0.15, -0.1) is 0 Å². The molecule has 0 unspecified atom stereocenters. The minimum atomic E-state index is -0.464. The monoisotopic (exact) mass is 396 g/mol. The van der Waals surface area contributed by atoms with Crippen molar-refractivity contribution in [3.8, 4) is 5.75 Å². The number of benzene rings is 2. The molecule has 1 aliphatic rings. The van der Waals surface area contributed by atoms with Gasteiger partial charge in [-0.05, 0) is 44.5 Å². The van der Waals surface area contributed by atoms with E-state index in [1.54, 1.807) is 7.11 Å². The summed E-state index contributed by atoms with van der Waals surface area (Å²) >= 11 is 0. The number of carbonyl (C=O) groups excluding carboxylic acids is 1. The highest BCUT2D eigenvalue weighted by Gasteiger charge is 2.24. The maximum absolute atomic E-state index is 12.0. The third-order valence-corrected chi connectivity index (χ3v) is 5.25. The predicted molar refractivity (Wildman–Crippen MR) is 118 cm³/mol. The van der Waals surface area contributed by atoms with Gasteiger partial charge in [0.2, 0.25) is 0 Å². The van der Waals surface area contributed by atoms with Crippen molar-refractivity contribution in [3.05, 3.63) is 54.1 Å². The molecule has 0 aromatic heterocycles. The number of piperazine rings is 1. The van der Waals surface area contributed by atoms with E-state index >= 15 is 0 Å². The average molecular weight is 397 g/mol. The topological polar surface area (TPSA) is 42.0 Å². The van der Waals surface area contributed by atoms with Crippen molar-refractivity contribution < 1.29 is 14.3 Å². The average Bonchev–Trinajstić information content (AvgIpc) is 2.73. The number of para-hydroxylation sites is 3. The zero-order valence-electron chi connectivity index (χ0n) is 18.0. The molecule has 5 nitrogen and oxygen atoms in total. The van der Waals surface area contributed by atoms with E-state index in [0.29, 0.717) is 6.61 Å². The Balaban J connectivity index is 1.62. The highest BCUT2D eigenvalue weighted by atomic mass is 16.5. The van der Waals surface area contributed by atoms with Crippen molar-refractivity contribution >= 4 is 17.3 Å². The van der Waals surface area contributed by atoms with Crippen LogP contribution in [0.25, 0.3) is 0 Å². The molecule has 0 amide bonds. The number of nitrogens with zero attached hydrogens (tertiary/aromatic N) is 2. The zero-order valence-corrected chi connectivity index (χ0v) is 18.0. The van der Waals surface area contributed by atoms with Crippen LogP contribution in [0.2, 0.25) is 0 Å². The van der Waals surface area contributed by atoms with Crippen LogP contribution in [0, 0.1) is 5.41 Å². The molecule has 2 aromatic rings. The van der Waals surface area contributed by atoms with Crippen molar-refractivity contribution in [2.24, 2.45) is 5.41 Å². The fraction of sp³-hybridized carbons (Fsp3) is 0.458. The summed E-state index contributed by atoms with van der Waals surface area (Å²) in [7, 11) is 1.72. The molecular formula is C24H32N2O3. The van der Waals surface area contributed by atoms with Gasteiger partial charge in [-0.3, -0.25) is 4.79 Å². The molecule has 29 heavy (non-hydrogen) atoms. The Morgan fingerprint density at radius 1 is 0.897 bits per heavy atom. The number of esters is 1. The molecule has 1 saturated heterocycles. The molecule has 0 atom stereocenters. The van der Waals surface area contributed by atoms with E-state index in [4.69, 9.17) is 9.47 Å². The molecule has 0 bridgehead atoms. The van der Waals surface area contributed by atoms with Crippen LogP contribution in [0.1, 0.15) is 26.3 Å². The number of methoxy groups -OCH3 is 1. The lowest BCUT2D eigenvalue weighted by Gasteiger charge is -2.38. The largest absolute Gasteiger partial charge is 0.495 e. The zero-order chi connectivity index (χ0) is 20.9. The van der Waals surface area contributed by atoms with Crippen LogP contribution >= 0.6 is 0 Å². The van der Waals surface area contributed by atoms with Crippen LogP contribution in [0.4, 0.5) is 11.4 Å². The van der Waals surface area contributed by atoms with Crippen molar-refractivity contribution in [1.29, 1.82) is 0 Å². The summed E-state index contributed by atoms with van der Waals surface area (Å²) in [6.45, 7) is 9.81. The van der Waals surface area contributed by atoms with E-state index in [0.717, 1.165) is 44.0 Å². The minimum Gasteiger partial charge on any atom is -0.495 e. The van der Waals surface area contributed by atoms with Crippen molar-refractivity contribution in [2.45, 2.75) is 27.2 Å². The molecule has 2 aromatic carbocycles. The molecule has 5 heteroatoms. The minimum absolute atomic E-state index is 0.152. The lowest BCUT2D eigenvalue weighted by Crippen LogP contribution is -2.47. The second-order valence-electron chi connectivity index (χ2n) is 8.41. The van der Waals surface area contributed by atoms with E-state index in [-0.39, 0.29) is 5.97 Å². The lowest BCUT2D eigenvalue weighted by molar-refractivity contribution is -0.152. The van der Waals surface area contributed by atoms with Gasteiger partial charge >= 0.3 is 5.97 Å². The first kappa shape index (κ1) is 21.0. The van der Waals surface area contributed by atoms with E-state index < -0.39 is 5.41 Å². The van der Waals surface area contributed by atoms with Gasteiger partial charge in [0.05, 0.1) is 24.8 Å². The summed E-state index contributed by atoms with van der Waals surface area (Å²) in [5.41, 5.74) is 3.14. The number of hydrogen-bond donors (Lipinski definition) is 0. The van der Waals surface area contributed by atoms with Gasteiger partial charge < -0.3 is 19.3 Å². The lowest BCUT2D eigenvalue weighted by atomic mass is 9.97. The van der Waals surface area contributed by atoms with Crippen LogP contribution in [0.15, 0.2) is 48.5 Å². The van der Waals surface area contributed by atoms with E-state index in [2.05, 4.69) is 46.2 Å². The number of rotatable bonds is 6. The third kappa shape index (κ3) is 5.22. The Kier molecular flexibility index (Phi) is 6.68. The highest BCUT2D eigenvalue weighted by Crippen LogP contribution is 2.30. The third-order valence-electron chi connectivity index (χ3n) is 5.25. The highest BCUT2D eigenvalue weighted by molar-refractivity contribution is 5.75. The standard InChI is InChI=1S/C24H32N2O3/c1-24(2,3)23(27)29-18-13-19-9-5-6-10-20(19)25-14-16-26(17-15-25)21-11-7-8-12-22(21)28-4/h5-12H,13-18H2,1-4H3. The van der Waals surface area contributed by atoms with Crippen LogP contribution in [-0.4, -0.2) is 45.9 Å². The molecule has 0 radical (unpaired) electrons. The molecule has 1 heterocycles. The summed E-state index contributed by atoms with van der Waals surface area (Å²) in [5.74, 6) is 0.766. The maximum atomic E-state index is 12.0. The Bertz CT molecular complexity index is 821. The molecule has 0 spiro atoms. The van der Waals surface area contributed by atoms with Gasteiger partial charge in [-0.2, -0.15) is 0 Å². The smallest absolute Gasteiger partial charge is 0.311 e. The molecule has 0 N–H and O–H groups in total. The Morgan fingerprint density at radius 2 is 1.45 bits per heavy atom.